The van der Waals surface area contributed by atoms with E-state index in [0.717, 1.165) is 29.4 Å². The van der Waals surface area contributed by atoms with E-state index < -0.39 is 0 Å². The van der Waals surface area contributed by atoms with Crippen molar-refractivity contribution in [1.29, 1.82) is 0 Å². The van der Waals surface area contributed by atoms with Gasteiger partial charge in [0.15, 0.2) is 5.82 Å². The monoisotopic (exact) mass is 262 g/mol. The maximum Gasteiger partial charge on any atom is 0.191 e. The van der Waals surface area contributed by atoms with Gasteiger partial charge in [0, 0.05) is 19.0 Å². The summed E-state index contributed by atoms with van der Waals surface area (Å²) < 4.78 is 1.93. The minimum Gasteiger partial charge on any atom is -0.328 e. The third kappa shape index (κ3) is 2.20. The lowest BCUT2D eigenvalue weighted by Gasteiger charge is -2.25. The van der Waals surface area contributed by atoms with Crippen LogP contribution in [-0.2, 0) is 7.05 Å². The highest BCUT2D eigenvalue weighted by Gasteiger charge is 2.25. The molecule has 0 radical (unpaired) electrons. The molecule has 0 amide bonds. The van der Waals surface area contributed by atoms with Crippen molar-refractivity contribution in [3.63, 3.8) is 0 Å². The van der Waals surface area contributed by atoms with Gasteiger partial charge < -0.3 is 5.73 Å². The molecular weight excluding hydrogens is 244 g/mol. The molecule has 96 valence electrons. The zero-order valence-corrected chi connectivity index (χ0v) is 11.4. The SMILES string of the molecule is Cn1nc(-c2cccs2)nc1C1CCCC(N)C1. The van der Waals surface area contributed by atoms with Crippen LogP contribution in [0.4, 0.5) is 0 Å². The standard InChI is InChI=1S/C13H18N4S/c1-17-13(9-4-2-5-10(14)8-9)15-12(16-17)11-6-3-7-18-11/h3,6-7,9-10H,2,4-5,8,14H2,1H3. The van der Waals surface area contributed by atoms with Crippen molar-refractivity contribution in [2.75, 3.05) is 0 Å². The molecule has 2 atom stereocenters. The Balaban J connectivity index is 1.88. The van der Waals surface area contributed by atoms with Crippen molar-refractivity contribution in [1.82, 2.24) is 14.8 Å². The molecule has 4 nitrogen and oxygen atoms in total. The number of hydrogen-bond donors (Lipinski definition) is 1. The Morgan fingerprint density at radius 1 is 1.44 bits per heavy atom. The van der Waals surface area contributed by atoms with Crippen LogP contribution in [0.3, 0.4) is 0 Å². The van der Waals surface area contributed by atoms with Crippen molar-refractivity contribution < 1.29 is 0 Å². The van der Waals surface area contributed by atoms with Gasteiger partial charge in [0.25, 0.3) is 0 Å². The summed E-state index contributed by atoms with van der Waals surface area (Å²) in [7, 11) is 1.99. The summed E-state index contributed by atoms with van der Waals surface area (Å²) in [5.41, 5.74) is 6.06. The molecule has 18 heavy (non-hydrogen) atoms. The zero-order chi connectivity index (χ0) is 12.5. The minimum atomic E-state index is 0.325. The van der Waals surface area contributed by atoms with Gasteiger partial charge in [0.05, 0.1) is 4.88 Å². The highest BCUT2D eigenvalue weighted by molar-refractivity contribution is 7.13. The van der Waals surface area contributed by atoms with Gasteiger partial charge in [-0.05, 0) is 30.7 Å². The first-order valence-corrected chi connectivity index (χ1v) is 7.32. The Morgan fingerprint density at radius 3 is 3.06 bits per heavy atom. The van der Waals surface area contributed by atoms with E-state index in [2.05, 4.69) is 16.5 Å². The van der Waals surface area contributed by atoms with Crippen LogP contribution in [0.5, 0.6) is 0 Å². The summed E-state index contributed by atoms with van der Waals surface area (Å²) >= 11 is 1.68. The van der Waals surface area contributed by atoms with Gasteiger partial charge in [-0.3, -0.25) is 4.68 Å². The second-order valence-electron chi connectivity index (χ2n) is 5.02. The van der Waals surface area contributed by atoms with Crippen LogP contribution in [0.2, 0.25) is 0 Å². The van der Waals surface area contributed by atoms with E-state index in [0.29, 0.717) is 12.0 Å². The average molecular weight is 262 g/mol. The molecule has 3 rings (SSSR count). The fourth-order valence-electron chi connectivity index (χ4n) is 2.72. The van der Waals surface area contributed by atoms with Crippen molar-refractivity contribution >= 4 is 11.3 Å². The molecule has 2 unspecified atom stereocenters. The molecule has 2 aromatic heterocycles. The maximum atomic E-state index is 6.06. The van der Waals surface area contributed by atoms with E-state index in [1.54, 1.807) is 11.3 Å². The van der Waals surface area contributed by atoms with Crippen LogP contribution >= 0.6 is 11.3 Å². The minimum absolute atomic E-state index is 0.325. The highest BCUT2D eigenvalue weighted by Crippen LogP contribution is 2.32. The molecule has 0 saturated heterocycles. The second kappa shape index (κ2) is 4.82. The Morgan fingerprint density at radius 2 is 2.33 bits per heavy atom. The topological polar surface area (TPSA) is 56.7 Å². The average Bonchev–Trinajstić information content (AvgIpc) is 2.97. The number of hydrogen-bond acceptors (Lipinski definition) is 4. The molecular formula is C13H18N4S. The quantitative estimate of drug-likeness (QED) is 0.904. The van der Waals surface area contributed by atoms with E-state index in [9.17, 15) is 0 Å². The van der Waals surface area contributed by atoms with Gasteiger partial charge in [0.1, 0.15) is 5.82 Å². The lowest BCUT2D eigenvalue weighted by molar-refractivity contribution is 0.374. The molecule has 2 N–H and O–H groups in total. The van der Waals surface area contributed by atoms with Gasteiger partial charge >= 0.3 is 0 Å². The predicted octanol–water partition coefficient (Wildman–Crippen LogP) is 2.53. The molecule has 1 fully saturated rings. The van der Waals surface area contributed by atoms with Gasteiger partial charge in [-0.2, -0.15) is 5.10 Å². The third-order valence-corrected chi connectivity index (χ3v) is 4.48. The third-order valence-electron chi connectivity index (χ3n) is 3.62. The molecule has 1 saturated carbocycles. The largest absolute Gasteiger partial charge is 0.328 e. The van der Waals surface area contributed by atoms with Crippen molar-refractivity contribution in [2.24, 2.45) is 12.8 Å². The molecule has 0 bridgehead atoms. The first-order valence-electron chi connectivity index (χ1n) is 6.44. The van der Waals surface area contributed by atoms with Gasteiger partial charge in [-0.15, -0.1) is 11.3 Å². The number of nitrogens with two attached hydrogens (primary N) is 1. The summed E-state index contributed by atoms with van der Waals surface area (Å²) in [5.74, 6) is 2.41. The summed E-state index contributed by atoms with van der Waals surface area (Å²) in [6, 6.07) is 4.42. The summed E-state index contributed by atoms with van der Waals surface area (Å²) in [6.07, 6.45) is 4.57. The summed E-state index contributed by atoms with van der Waals surface area (Å²) in [6.45, 7) is 0. The number of rotatable bonds is 2. The summed E-state index contributed by atoms with van der Waals surface area (Å²) in [4.78, 5) is 5.85. The van der Waals surface area contributed by atoms with E-state index >= 15 is 0 Å². The van der Waals surface area contributed by atoms with Gasteiger partial charge in [0.2, 0.25) is 0 Å². The Bertz CT molecular complexity index is 517. The molecule has 5 heteroatoms. The number of aromatic nitrogens is 3. The first-order chi connectivity index (χ1) is 8.74. The molecule has 2 aromatic rings. The van der Waals surface area contributed by atoms with E-state index in [-0.39, 0.29) is 0 Å². The van der Waals surface area contributed by atoms with Gasteiger partial charge in [-0.1, -0.05) is 12.5 Å². The smallest absolute Gasteiger partial charge is 0.191 e. The molecule has 1 aliphatic carbocycles. The maximum absolute atomic E-state index is 6.06. The highest BCUT2D eigenvalue weighted by atomic mass is 32.1. The first kappa shape index (κ1) is 11.9. The van der Waals surface area contributed by atoms with E-state index in [1.807, 2.05) is 17.8 Å². The van der Waals surface area contributed by atoms with Crippen LogP contribution in [0.25, 0.3) is 10.7 Å². The van der Waals surface area contributed by atoms with Crippen LogP contribution in [-0.4, -0.2) is 20.8 Å². The molecule has 1 aliphatic rings. The van der Waals surface area contributed by atoms with Crippen molar-refractivity contribution in [2.45, 2.75) is 37.6 Å². The number of aryl methyl sites for hydroxylation is 1. The molecule has 0 aromatic carbocycles. The van der Waals surface area contributed by atoms with Crippen LogP contribution in [0.1, 0.15) is 37.4 Å². The van der Waals surface area contributed by atoms with E-state index in [4.69, 9.17) is 10.7 Å². The van der Waals surface area contributed by atoms with Crippen LogP contribution < -0.4 is 5.73 Å². The predicted molar refractivity (Wildman–Crippen MR) is 73.5 cm³/mol. The Kier molecular flexibility index (Phi) is 3.18. The summed E-state index contributed by atoms with van der Waals surface area (Å²) in [5, 5.41) is 6.59. The zero-order valence-electron chi connectivity index (χ0n) is 10.5. The van der Waals surface area contributed by atoms with Gasteiger partial charge in [-0.25, -0.2) is 4.98 Å². The van der Waals surface area contributed by atoms with Crippen molar-refractivity contribution in [3.8, 4) is 10.7 Å². The fraction of sp³-hybridized carbons (Fsp3) is 0.538. The van der Waals surface area contributed by atoms with Crippen LogP contribution in [0, 0.1) is 0 Å². The van der Waals surface area contributed by atoms with Crippen LogP contribution in [0.15, 0.2) is 17.5 Å². The Hall–Kier alpha value is -1.20. The lowest BCUT2D eigenvalue weighted by Crippen LogP contribution is -2.28. The second-order valence-corrected chi connectivity index (χ2v) is 5.97. The number of nitrogens with zero attached hydrogens (tertiary/aromatic N) is 3. The van der Waals surface area contributed by atoms with Crippen molar-refractivity contribution in [3.05, 3.63) is 23.3 Å². The molecule has 2 heterocycles. The normalized spacial score (nSPS) is 24.3. The van der Waals surface area contributed by atoms with E-state index in [1.165, 1.54) is 12.8 Å². The lowest BCUT2D eigenvalue weighted by atomic mass is 9.85. The molecule has 0 aliphatic heterocycles. The Labute approximate surface area is 111 Å². The number of thiophene rings is 1. The molecule has 0 spiro atoms. The fourth-order valence-corrected chi connectivity index (χ4v) is 3.38.